The number of nitrogens with two attached hydrogens (primary N) is 1. The third-order valence-electron chi connectivity index (χ3n) is 3.13. The normalized spacial score (nSPS) is 12.6. The van der Waals surface area contributed by atoms with Crippen LogP contribution in [-0.4, -0.2) is 8.32 Å². The highest BCUT2D eigenvalue weighted by Crippen LogP contribution is 2.38. The lowest BCUT2D eigenvalue weighted by Gasteiger charge is -2.36. The van der Waals surface area contributed by atoms with E-state index in [1.165, 1.54) is 12.1 Å². The monoisotopic (exact) mass is 241 g/mol. The Kier molecular flexibility index (Phi) is 3.33. The van der Waals surface area contributed by atoms with Crippen LogP contribution in [0, 0.1) is 5.82 Å². The fourth-order valence-electron chi connectivity index (χ4n) is 1.03. The first-order valence-corrected chi connectivity index (χ1v) is 8.28. The summed E-state index contributed by atoms with van der Waals surface area (Å²) in [6.45, 7) is 10.5. The number of hydrogen-bond donors (Lipinski definition) is 1. The van der Waals surface area contributed by atoms with E-state index in [2.05, 4.69) is 33.9 Å². The molecule has 0 heterocycles. The Morgan fingerprint density at radius 3 is 2.31 bits per heavy atom. The average Bonchev–Trinajstić information content (AvgIpc) is 2.09. The van der Waals surface area contributed by atoms with E-state index in [0.29, 0.717) is 5.69 Å². The Hall–Kier alpha value is -1.03. The lowest BCUT2D eigenvalue weighted by Crippen LogP contribution is -2.44. The summed E-state index contributed by atoms with van der Waals surface area (Å²) in [4.78, 5) is 0. The van der Waals surface area contributed by atoms with Gasteiger partial charge in [0.15, 0.2) is 5.82 Å². The van der Waals surface area contributed by atoms with Crippen LogP contribution in [0.3, 0.4) is 0 Å². The minimum atomic E-state index is -2.00. The summed E-state index contributed by atoms with van der Waals surface area (Å²) in [7, 11) is -2.00. The summed E-state index contributed by atoms with van der Waals surface area (Å²) < 4.78 is 19.4. The second kappa shape index (κ2) is 4.09. The van der Waals surface area contributed by atoms with Crippen molar-refractivity contribution < 1.29 is 8.82 Å². The lowest BCUT2D eigenvalue weighted by molar-refractivity contribution is 0.457. The third-order valence-corrected chi connectivity index (χ3v) is 7.47. The summed E-state index contributed by atoms with van der Waals surface area (Å²) in [5.74, 6) is -0.0781. The molecule has 1 aromatic rings. The predicted octanol–water partition coefficient (Wildman–Crippen LogP) is 3.79. The van der Waals surface area contributed by atoms with Crippen molar-refractivity contribution in [1.29, 1.82) is 0 Å². The van der Waals surface area contributed by atoms with Crippen LogP contribution in [0.15, 0.2) is 18.2 Å². The first-order chi connectivity index (χ1) is 7.13. The molecule has 0 unspecified atom stereocenters. The zero-order valence-corrected chi connectivity index (χ0v) is 11.6. The molecule has 1 aromatic carbocycles. The SMILES string of the molecule is CC(C)(C)[Si](C)(C)Oc1cc(N)ccc1F. The van der Waals surface area contributed by atoms with Crippen molar-refractivity contribution >= 4 is 14.0 Å². The van der Waals surface area contributed by atoms with Crippen LogP contribution in [0.2, 0.25) is 18.1 Å². The molecule has 0 aliphatic rings. The predicted molar refractivity (Wildman–Crippen MR) is 68.6 cm³/mol. The van der Waals surface area contributed by atoms with Crippen LogP contribution in [0.25, 0.3) is 0 Å². The maximum Gasteiger partial charge on any atom is 0.250 e. The van der Waals surface area contributed by atoms with Crippen LogP contribution in [0.5, 0.6) is 5.75 Å². The smallest absolute Gasteiger partial charge is 0.250 e. The second-order valence-corrected chi connectivity index (χ2v) is 10.3. The highest BCUT2D eigenvalue weighted by Gasteiger charge is 2.39. The Morgan fingerprint density at radius 1 is 1.25 bits per heavy atom. The first-order valence-electron chi connectivity index (χ1n) is 5.37. The van der Waals surface area contributed by atoms with Crippen molar-refractivity contribution in [3.8, 4) is 5.75 Å². The molecule has 90 valence electrons. The van der Waals surface area contributed by atoms with Gasteiger partial charge in [0.25, 0.3) is 8.32 Å². The van der Waals surface area contributed by atoms with Gasteiger partial charge in [-0.25, -0.2) is 4.39 Å². The van der Waals surface area contributed by atoms with Crippen molar-refractivity contribution in [2.75, 3.05) is 5.73 Å². The van der Waals surface area contributed by atoms with Crippen molar-refractivity contribution in [1.82, 2.24) is 0 Å². The molecule has 0 atom stereocenters. The highest BCUT2D eigenvalue weighted by molar-refractivity contribution is 6.74. The van der Waals surface area contributed by atoms with E-state index >= 15 is 0 Å². The molecule has 0 amide bonds. The zero-order valence-electron chi connectivity index (χ0n) is 10.6. The van der Waals surface area contributed by atoms with Crippen LogP contribution in [0.1, 0.15) is 20.8 Å². The summed E-state index contributed by atoms with van der Waals surface area (Å²) in [5, 5.41) is 0.0457. The quantitative estimate of drug-likeness (QED) is 0.631. The van der Waals surface area contributed by atoms with Gasteiger partial charge in [-0.3, -0.25) is 0 Å². The Bertz CT molecular complexity index is 385. The molecule has 4 heteroatoms. The minimum absolute atomic E-state index is 0.0457. The van der Waals surface area contributed by atoms with E-state index in [4.69, 9.17) is 10.2 Å². The van der Waals surface area contributed by atoms with Gasteiger partial charge in [0, 0.05) is 11.8 Å². The maximum atomic E-state index is 13.5. The fraction of sp³-hybridized carbons (Fsp3) is 0.500. The lowest BCUT2D eigenvalue weighted by atomic mass is 10.2. The van der Waals surface area contributed by atoms with Crippen molar-refractivity contribution in [2.24, 2.45) is 0 Å². The molecule has 0 aliphatic heterocycles. The minimum Gasteiger partial charge on any atom is -0.541 e. The molecule has 2 nitrogen and oxygen atoms in total. The summed E-state index contributed by atoms with van der Waals surface area (Å²) in [6.07, 6.45) is 0. The van der Waals surface area contributed by atoms with Gasteiger partial charge in [-0.15, -0.1) is 0 Å². The first kappa shape index (κ1) is 13.0. The van der Waals surface area contributed by atoms with Crippen LogP contribution < -0.4 is 10.2 Å². The van der Waals surface area contributed by atoms with Gasteiger partial charge in [-0.1, -0.05) is 20.8 Å². The molecule has 1 rings (SSSR count). The van der Waals surface area contributed by atoms with Crippen LogP contribution in [-0.2, 0) is 0 Å². The van der Waals surface area contributed by atoms with Gasteiger partial charge < -0.3 is 10.2 Å². The van der Waals surface area contributed by atoms with Crippen LogP contribution in [0.4, 0.5) is 10.1 Å². The number of hydrogen-bond acceptors (Lipinski definition) is 2. The van der Waals surface area contributed by atoms with E-state index in [9.17, 15) is 4.39 Å². The molecule has 16 heavy (non-hydrogen) atoms. The van der Waals surface area contributed by atoms with Gasteiger partial charge in [-0.05, 0) is 30.3 Å². The molecule has 0 aliphatic carbocycles. The van der Waals surface area contributed by atoms with Gasteiger partial charge >= 0.3 is 0 Å². The standard InChI is InChI=1S/C12H20FNOSi/c1-12(2,3)16(4,5)15-11-8-9(14)6-7-10(11)13/h6-8H,14H2,1-5H3. The molecule has 0 saturated heterocycles. The topological polar surface area (TPSA) is 35.2 Å². The van der Waals surface area contributed by atoms with Crippen molar-refractivity contribution in [3.63, 3.8) is 0 Å². The number of halogens is 1. The van der Waals surface area contributed by atoms with E-state index in [-0.39, 0.29) is 16.6 Å². The second-order valence-electron chi connectivity index (χ2n) is 5.55. The van der Waals surface area contributed by atoms with Gasteiger partial charge in [-0.2, -0.15) is 0 Å². The fourth-order valence-corrected chi connectivity index (χ4v) is 2.04. The van der Waals surface area contributed by atoms with E-state index in [1.807, 2.05) is 0 Å². The molecule has 2 N–H and O–H groups in total. The van der Waals surface area contributed by atoms with Crippen molar-refractivity contribution in [3.05, 3.63) is 24.0 Å². The van der Waals surface area contributed by atoms with Gasteiger partial charge in [0.05, 0.1) is 0 Å². The summed E-state index contributed by atoms with van der Waals surface area (Å²) in [5.41, 5.74) is 6.15. The van der Waals surface area contributed by atoms with Crippen molar-refractivity contribution in [2.45, 2.75) is 38.9 Å². The Morgan fingerprint density at radius 2 is 1.81 bits per heavy atom. The van der Waals surface area contributed by atoms with Crippen LogP contribution >= 0.6 is 0 Å². The molecule has 0 bridgehead atoms. The Balaban J connectivity index is 3.01. The number of anilines is 1. The maximum absolute atomic E-state index is 13.5. The number of benzene rings is 1. The van der Waals surface area contributed by atoms with E-state index in [0.717, 1.165) is 0 Å². The molecule has 0 radical (unpaired) electrons. The largest absolute Gasteiger partial charge is 0.541 e. The van der Waals surface area contributed by atoms with Gasteiger partial charge in [0.2, 0.25) is 0 Å². The zero-order chi connectivity index (χ0) is 12.6. The Labute approximate surface area is 97.7 Å². The summed E-state index contributed by atoms with van der Waals surface area (Å²) in [6, 6.07) is 4.43. The number of nitrogen functional groups attached to an aromatic ring is 1. The molecular formula is C12H20FNOSi. The molecule has 0 aromatic heterocycles. The van der Waals surface area contributed by atoms with E-state index in [1.54, 1.807) is 6.07 Å². The number of rotatable bonds is 2. The third kappa shape index (κ3) is 2.75. The van der Waals surface area contributed by atoms with Gasteiger partial charge in [0.1, 0.15) is 5.75 Å². The molecular weight excluding hydrogens is 221 g/mol. The molecule has 0 saturated carbocycles. The highest BCUT2D eigenvalue weighted by atomic mass is 28.4. The molecule has 0 fully saturated rings. The molecule has 0 spiro atoms. The van der Waals surface area contributed by atoms with E-state index < -0.39 is 8.32 Å². The summed E-state index contributed by atoms with van der Waals surface area (Å²) >= 11 is 0. The average molecular weight is 241 g/mol.